The Kier molecular flexibility index (Phi) is 10.5. The third-order valence-electron chi connectivity index (χ3n) is 7.45. The molecule has 0 radical (unpaired) electrons. The van der Waals surface area contributed by atoms with Gasteiger partial charge in [-0.2, -0.15) is 0 Å². The maximum atomic E-state index is 11.0. The lowest BCUT2D eigenvalue weighted by Gasteiger charge is -2.38. The van der Waals surface area contributed by atoms with Crippen LogP contribution < -0.4 is 9.47 Å². The van der Waals surface area contributed by atoms with Crippen molar-refractivity contribution < 1.29 is 34.0 Å². The number of aliphatic carboxylic acids is 1. The van der Waals surface area contributed by atoms with Crippen molar-refractivity contribution in [1.29, 1.82) is 0 Å². The first kappa shape index (κ1) is 29.6. The number of likely N-dealkylation sites (tertiary alicyclic amines) is 1. The molecule has 2 N–H and O–H groups in total. The predicted octanol–water partition coefficient (Wildman–Crippen LogP) is 4.68. The number of nitrogens with zero attached hydrogens (tertiary/aromatic N) is 1. The number of benzene rings is 3. The van der Waals surface area contributed by atoms with Crippen molar-refractivity contribution in [1.82, 2.24) is 4.90 Å². The summed E-state index contributed by atoms with van der Waals surface area (Å²) in [7, 11) is 3.30. The molecular weight excluding hydrogens is 510 g/mol. The van der Waals surface area contributed by atoms with Gasteiger partial charge in [0.2, 0.25) is 0 Å². The third kappa shape index (κ3) is 7.01. The molecular formula is C32H39NO7. The average Bonchev–Trinajstić information content (AvgIpc) is 3.47. The Morgan fingerprint density at radius 2 is 1.48 bits per heavy atom. The smallest absolute Gasteiger partial charge is 0.305 e. The monoisotopic (exact) mass is 549 g/mol. The second-order valence-electron chi connectivity index (χ2n) is 9.87. The number of aliphatic hydroxyl groups is 1. The van der Waals surface area contributed by atoms with Gasteiger partial charge in [-0.1, -0.05) is 54.6 Å². The number of carbonyl (C=O) groups is 1. The lowest BCUT2D eigenvalue weighted by atomic mass is 9.80. The van der Waals surface area contributed by atoms with Crippen LogP contribution >= 0.6 is 0 Å². The number of rotatable bonds is 15. The Balaban J connectivity index is 1.62. The van der Waals surface area contributed by atoms with Crippen LogP contribution in [0.1, 0.15) is 42.4 Å². The Bertz CT molecular complexity index is 1140. The van der Waals surface area contributed by atoms with Crippen molar-refractivity contribution in [3.05, 3.63) is 95.6 Å². The fraction of sp³-hybridized carbons (Fsp3) is 0.406. The van der Waals surface area contributed by atoms with Crippen LogP contribution in [0, 0.1) is 0 Å². The molecule has 3 aromatic carbocycles. The molecule has 8 heteroatoms. The van der Waals surface area contributed by atoms with E-state index in [1.54, 1.807) is 14.2 Å². The van der Waals surface area contributed by atoms with Gasteiger partial charge in [0.05, 0.1) is 40.5 Å². The fourth-order valence-corrected chi connectivity index (χ4v) is 5.34. The molecule has 0 aliphatic carbocycles. The van der Waals surface area contributed by atoms with Gasteiger partial charge in [-0.3, -0.25) is 9.69 Å². The summed E-state index contributed by atoms with van der Waals surface area (Å²) in [5.41, 5.74) is 1.99. The van der Waals surface area contributed by atoms with E-state index in [1.165, 1.54) is 0 Å². The number of methoxy groups -OCH3 is 2. The van der Waals surface area contributed by atoms with E-state index in [0.29, 0.717) is 19.6 Å². The zero-order chi connectivity index (χ0) is 28.4. The van der Waals surface area contributed by atoms with Crippen LogP contribution in [0.2, 0.25) is 0 Å². The quantitative estimate of drug-likeness (QED) is 0.208. The molecule has 1 fully saturated rings. The van der Waals surface area contributed by atoms with Crippen LogP contribution in [0.15, 0.2) is 78.9 Å². The zero-order valence-electron chi connectivity index (χ0n) is 23.2. The Morgan fingerprint density at radius 3 is 2.02 bits per heavy atom. The van der Waals surface area contributed by atoms with Crippen molar-refractivity contribution in [3.63, 3.8) is 0 Å². The summed E-state index contributed by atoms with van der Waals surface area (Å²) in [6, 6.07) is 26.1. The number of aliphatic hydroxyl groups excluding tert-OH is 1. The van der Waals surface area contributed by atoms with E-state index in [-0.39, 0.29) is 19.1 Å². The minimum Gasteiger partial charge on any atom is -0.497 e. The Hall–Kier alpha value is -3.43. The Labute approximate surface area is 236 Å². The zero-order valence-corrected chi connectivity index (χ0v) is 23.2. The summed E-state index contributed by atoms with van der Waals surface area (Å²) in [5, 5.41) is 19.8. The van der Waals surface area contributed by atoms with Gasteiger partial charge < -0.3 is 29.2 Å². The number of ether oxygens (including phenoxy) is 4. The Morgan fingerprint density at radius 1 is 0.900 bits per heavy atom. The highest BCUT2D eigenvalue weighted by molar-refractivity contribution is 5.66. The van der Waals surface area contributed by atoms with E-state index >= 15 is 0 Å². The molecule has 1 saturated heterocycles. The van der Waals surface area contributed by atoms with E-state index in [2.05, 4.69) is 17.0 Å². The van der Waals surface area contributed by atoms with Gasteiger partial charge in [0.25, 0.3) is 0 Å². The van der Waals surface area contributed by atoms with Crippen molar-refractivity contribution in [2.45, 2.75) is 43.6 Å². The molecule has 3 aromatic rings. The molecule has 40 heavy (non-hydrogen) atoms. The molecule has 0 spiro atoms. The summed E-state index contributed by atoms with van der Waals surface area (Å²) in [4.78, 5) is 12.8. The number of carboxylic acid groups (broad SMARTS) is 1. The molecule has 1 unspecified atom stereocenters. The second-order valence-corrected chi connectivity index (χ2v) is 9.87. The van der Waals surface area contributed by atoms with E-state index < -0.39 is 17.8 Å². The van der Waals surface area contributed by atoms with Crippen LogP contribution in [-0.2, 0) is 19.9 Å². The molecule has 1 aliphatic heterocycles. The summed E-state index contributed by atoms with van der Waals surface area (Å²) in [5.74, 6) is 0.625. The number of carboxylic acids is 1. The molecule has 214 valence electrons. The molecule has 0 saturated carbocycles. The van der Waals surface area contributed by atoms with Crippen LogP contribution in [0.5, 0.6) is 11.5 Å². The van der Waals surface area contributed by atoms with Gasteiger partial charge in [-0.15, -0.1) is 0 Å². The van der Waals surface area contributed by atoms with Crippen LogP contribution in [0.4, 0.5) is 0 Å². The van der Waals surface area contributed by atoms with Gasteiger partial charge in [0.15, 0.2) is 0 Å². The molecule has 2 atom stereocenters. The molecule has 8 nitrogen and oxygen atoms in total. The average molecular weight is 550 g/mol. The van der Waals surface area contributed by atoms with Crippen molar-refractivity contribution in [3.8, 4) is 11.5 Å². The summed E-state index contributed by atoms with van der Waals surface area (Å²) >= 11 is 0. The van der Waals surface area contributed by atoms with Crippen molar-refractivity contribution in [2.24, 2.45) is 0 Å². The van der Waals surface area contributed by atoms with E-state index in [4.69, 9.17) is 24.1 Å². The SMILES string of the molecule is COc1ccc(C(OC[C@@H]2CCCN2C(O)CCOCCC(=O)O)(c2ccccc2)c2ccc(OC)cc2)cc1. The topological polar surface area (TPSA) is 97.7 Å². The number of hydrogen-bond donors (Lipinski definition) is 2. The summed E-state index contributed by atoms with van der Waals surface area (Å²) in [6.07, 6.45) is 1.50. The predicted molar refractivity (Wildman–Crippen MR) is 152 cm³/mol. The summed E-state index contributed by atoms with van der Waals surface area (Å²) in [6.45, 7) is 1.58. The van der Waals surface area contributed by atoms with Gasteiger partial charge in [0.1, 0.15) is 23.3 Å². The second kappa shape index (κ2) is 14.3. The largest absolute Gasteiger partial charge is 0.497 e. The van der Waals surface area contributed by atoms with E-state index in [1.807, 2.05) is 66.7 Å². The maximum Gasteiger partial charge on any atom is 0.305 e. The highest BCUT2D eigenvalue weighted by Gasteiger charge is 2.40. The van der Waals surface area contributed by atoms with Crippen molar-refractivity contribution >= 4 is 5.97 Å². The molecule has 0 bridgehead atoms. The normalized spacial score (nSPS) is 16.5. The van der Waals surface area contributed by atoms with Crippen molar-refractivity contribution in [2.75, 3.05) is 40.6 Å². The van der Waals surface area contributed by atoms with Crippen LogP contribution in [0.25, 0.3) is 0 Å². The first-order valence-corrected chi connectivity index (χ1v) is 13.7. The van der Waals surface area contributed by atoms with Crippen LogP contribution in [-0.4, -0.2) is 73.9 Å². The van der Waals surface area contributed by atoms with Crippen LogP contribution in [0.3, 0.4) is 0 Å². The van der Waals surface area contributed by atoms with E-state index in [9.17, 15) is 9.90 Å². The van der Waals surface area contributed by atoms with Gasteiger partial charge in [-0.05, 0) is 53.8 Å². The highest BCUT2D eigenvalue weighted by Crippen LogP contribution is 2.42. The molecule has 4 rings (SSSR count). The molecule has 1 heterocycles. The highest BCUT2D eigenvalue weighted by atomic mass is 16.5. The summed E-state index contributed by atoms with van der Waals surface area (Å²) < 4.78 is 23.3. The van der Waals surface area contributed by atoms with Gasteiger partial charge in [-0.25, -0.2) is 0 Å². The molecule has 1 aliphatic rings. The first-order chi connectivity index (χ1) is 19.5. The number of hydrogen-bond acceptors (Lipinski definition) is 7. The lowest BCUT2D eigenvalue weighted by molar-refractivity contribution is -0.138. The van der Waals surface area contributed by atoms with E-state index in [0.717, 1.165) is 47.6 Å². The first-order valence-electron chi connectivity index (χ1n) is 13.7. The molecule has 0 aromatic heterocycles. The van der Waals surface area contributed by atoms with Gasteiger partial charge in [0, 0.05) is 19.0 Å². The van der Waals surface area contributed by atoms with Gasteiger partial charge >= 0.3 is 5.97 Å². The standard InChI is InChI=1S/C32H39NO7/c1-37-28-14-10-25(11-15-28)32(24-7-4-3-5-8-24,26-12-16-29(38-2)17-13-26)40-23-27-9-6-20-33(27)30(34)18-21-39-22-19-31(35)36/h3-5,7-8,10-17,27,30,34H,6,9,18-23H2,1-2H3,(H,35,36)/t27-,30?/m0/s1. The maximum absolute atomic E-state index is 11.0. The fourth-order valence-electron chi connectivity index (χ4n) is 5.34. The molecule has 0 amide bonds. The third-order valence-corrected chi connectivity index (χ3v) is 7.45. The lowest BCUT2D eigenvalue weighted by Crippen LogP contribution is -2.44. The minimum absolute atomic E-state index is 0.00797. The minimum atomic E-state index is -0.918.